The Labute approximate surface area is 111 Å². The van der Waals surface area contributed by atoms with E-state index >= 15 is 0 Å². The van der Waals surface area contributed by atoms with Gasteiger partial charge in [-0.25, -0.2) is 0 Å². The van der Waals surface area contributed by atoms with Crippen LogP contribution in [0.3, 0.4) is 0 Å². The molecule has 1 aliphatic heterocycles. The lowest BCUT2D eigenvalue weighted by Crippen LogP contribution is -2.47. The lowest BCUT2D eigenvalue weighted by Gasteiger charge is -2.44. The summed E-state index contributed by atoms with van der Waals surface area (Å²) in [5.74, 6) is 1.01. The van der Waals surface area contributed by atoms with Crippen LogP contribution in [-0.4, -0.2) is 29.0 Å². The molecule has 2 N–H and O–H groups in total. The summed E-state index contributed by atoms with van der Waals surface area (Å²) in [7, 11) is 0. The lowest BCUT2D eigenvalue weighted by atomic mass is 9.78. The van der Waals surface area contributed by atoms with E-state index in [1.165, 1.54) is 64.5 Å². The normalized spacial score (nSPS) is 29.9. The first-order valence-electron chi connectivity index (χ1n) is 7.30. The number of hydrogen-bond acceptors (Lipinski definition) is 2. The zero-order chi connectivity index (χ0) is 12.1. The van der Waals surface area contributed by atoms with Crippen molar-refractivity contribution in [2.45, 2.75) is 63.8 Å². The van der Waals surface area contributed by atoms with Gasteiger partial charge < -0.3 is 10.6 Å². The van der Waals surface area contributed by atoms with Gasteiger partial charge in [0.1, 0.15) is 0 Å². The van der Waals surface area contributed by atoms with Crippen molar-refractivity contribution in [2.24, 2.45) is 11.7 Å². The molecule has 1 heterocycles. The summed E-state index contributed by atoms with van der Waals surface area (Å²) in [6.45, 7) is 2.60. The Morgan fingerprint density at radius 2 is 1.88 bits per heavy atom. The van der Waals surface area contributed by atoms with E-state index in [0.717, 1.165) is 18.4 Å². The molecule has 0 amide bonds. The zero-order valence-electron chi connectivity index (χ0n) is 10.9. The second-order valence-corrected chi connectivity index (χ2v) is 6.24. The molecule has 98 valence electrons. The van der Waals surface area contributed by atoms with Gasteiger partial charge >= 0.3 is 0 Å². The van der Waals surface area contributed by atoms with E-state index in [2.05, 4.69) is 4.90 Å². The maximum Gasteiger partial charge on any atom is 0.0727 e. The fourth-order valence-electron chi connectivity index (χ4n) is 3.62. The van der Waals surface area contributed by atoms with Gasteiger partial charge in [-0.05, 0) is 64.0 Å². The van der Waals surface area contributed by atoms with Crippen LogP contribution in [0, 0.1) is 5.92 Å². The van der Waals surface area contributed by atoms with Crippen LogP contribution < -0.4 is 5.73 Å². The van der Waals surface area contributed by atoms with Crippen molar-refractivity contribution in [3.63, 3.8) is 0 Å². The van der Waals surface area contributed by atoms with E-state index in [4.69, 9.17) is 18.0 Å². The van der Waals surface area contributed by atoms with Gasteiger partial charge in [0.05, 0.1) is 4.99 Å². The van der Waals surface area contributed by atoms with Crippen LogP contribution >= 0.6 is 12.2 Å². The second kappa shape index (κ2) is 6.69. The molecule has 2 atom stereocenters. The van der Waals surface area contributed by atoms with Gasteiger partial charge in [0.15, 0.2) is 0 Å². The average molecular weight is 254 g/mol. The molecule has 2 aliphatic rings. The molecule has 1 saturated carbocycles. The number of unbranched alkanes of at least 4 members (excludes halogenated alkanes) is 1. The molecular weight excluding hydrogens is 228 g/mol. The first kappa shape index (κ1) is 13.3. The number of thiocarbonyl (C=S) groups is 1. The number of nitrogens with zero attached hydrogens (tertiary/aromatic N) is 1. The molecule has 2 unspecified atom stereocenters. The van der Waals surface area contributed by atoms with Gasteiger partial charge in [-0.1, -0.05) is 25.1 Å². The van der Waals surface area contributed by atoms with Crippen molar-refractivity contribution in [1.82, 2.24) is 4.90 Å². The second-order valence-electron chi connectivity index (χ2n) is 5.71. The largest absolute Gasteiger partial charge is 0.393 e. The van der Waals surface area contributed by atoms with E-state index < -0.39 is 0 Å². The first-order valence-corrected chi connectivity index (χ1v) is 7.70. The molecular formula is C14H26N2S. The van der Waals surface area contributed by atoms with Crippen LogP contribution in [0.5, 0.6) is 0 Å². The van der Waals surface area contributed by atoms with Gasteiger partial charge in [0.2, 0.25) is 0 Å². The standard InChI is InChI=1S/C14H26N2S/c15-14(17)9-3-4-10-16-11-5-7-12-6-1-2-8-13(12)16/h12-13H,1-11H2,(H2,15,17). The summed E-state index contributed by atoms with van der Waals surface area (Å²) in [6, 6.07) is 0.905. The molecule has 17 heavy (non-hydrogen) atoms. The number of nitrogens with two attached hydrogens (primary N) is 1. The monoisotopic (exact) mass is 254 g/mol. The maximum absolute atomic E-state index is 5.54. The summed E-state index contributed by atoms with van der Waals surface area (Å²) in [6.07, 6.45) is 12.1. The molecule has 0 aromatic carbocycles. The summed E-state index contributed by atoms with van der Waals surface area (Å²) < 4.78 is 0. The van der Waals surface area contributed by atoms with Gasteiger partial charge in [0.25, 0.3) is 0 Å². The van der Waals surface area contributed by atoms with E-state index in [1.54, 1.807) is 0 Å². The molecule has 2 rings (SSSR count). The summed E-state index contributed by atoms with van der Waals surface area (Å²) >= 11 is 4.92. The topological polar surface area (TPSA) is 29.3 Å². The van der Waals surface area contributed by atoms with Crippen molar-refractivity contribution >= 4 is 17.2 Å². The smallest absolute Gasteiger partial charge is 0.0727 e. The third-order valence-corrected chi connectivity index (χ3v) is 4.68. The van der Waals surface area contributed by atoms with Crippen molar-refractivity contribution in [2.75, 3.05) is 13.1 Å². The predicted octanol–water partition coefficient (Wildman–Crippen LogP) is 3.10. The molecule has 2 nitrogen and oxygen atoms in total. The fraction of sp³-hybridized carbons (Fsp3) is 0.929. The van der Waals surface area contributed by atoms with Crippen LogP contribution in [-0.2, 0) is 0 Å². The van der Waals surface area contributed by atoms with Crippen molar-refractivity contribution in [3.8, 4) is 0 Å². The highest BCUT2D eigenvalue weighted by molar-refractivity contribution is 7.80. The highest BCUT2D eigenvalue weighted by Crippen LogP contribution is 2.35. The summed E-state index contributed by atoms with van der Waals surface area (Å²) in [4.78, 5) is 3.44. The molecule has 0 aromatic heterocycles. The Balaban J connectivity index is 1.73. The van der Waals surface area contributed by atoms with Crippen molar-refractivity contribution in [1.29, 1.82) is 0 Å². The third kappa shape index (κ3) is 3.92. The van der Waals surface area contributed by atoms with Crippen molar-refractivity contribution in [3.05, 3.63) is 0 Å². The third-order valence-electron chi connectivity index (χ3n) is 4.48. The van der Waals surface area contributed by atoms with E-state index in [1.807, 2.05) is 0 Å². The summed E-state index contributed by atoms with van der Waals surface area (Å²) in [5.41, 5.74) is 5.54. The minimum Gasteiger partial charge on any atom is -0.393 e. The van der Waals surface area contributed by atoms with Crippen LogP contribution in [0.2, 0.25) is 0 Å². The SMILES string of the molecule is NC(=S)CCCCN1CCCC2CCCCC21. The van der Waals surface area contributed by atoms with E-state index in [-0.39, 0.29) is 0 Å². The van der Waals surface area contributed by atoms with Crippen LogP contribution in [0.4, 0.5) is 0 Å². The number of likely N-dealkylation sites (tertiary alicyclic amines) is 1. The van der Waals surface area contributed by atoms with Gasteiger partial charge in [-0.3, -0.25) is 0 Å². The Morgan fingerprint density at radius 3 is 2.71 bits per heavy atom. The Kier molecular flexibility index (Phi) is 5.23. The van der Waals surface area contributed by atoms with E-state index in [0.29, 0.717) is 4.99 Å². The quantitative estimate of drug-likeness (QED) is 0.604. The van der Waals surface area contributed by atoms with Crippen LogP contribution in [0.15, 0.2) is 0 Å². The van der Waals surface area contributed by atoms with E-state index in [9.17, 15) is 0 Å². The molecule has 3 heteroatoms. The molecule has 0 aromatic rings. The average Bonchev–Trinajstić information content (AvgIpc) is 2.34. The summed E-state index contributed by atoms with van der Waals surface area (Å²) in [5, 5.41) is 0. The fourth-order valence-corrected chi connectivity index (χ4v) is 3.76. The molecule has 0 radical (unpaired) electrons. The number of piperidine rings is 1. The van der Waals surface area contributed by atoms with Crippen molar-refractivity contribution < 1.29 is 0 Å². The van der Waals surface area contributed by atoms with Gasteiger partial charge in [-0.15, -0.1) is 0 Å². The molecule has 0 spiro atoms. The number of rotatable bonds is 5. The highest BCUT2D eigenvalue weighted by Gasteiger charge is 2.32. The molecule has 0 bridgehead atoms. The Hall–Kier alpha value is -0.150. The Morgan fingerprint density at radius 1 is 1.12 bits per heavy atom. The van der Waals surface area contributed by atoms with Gasteiger partial charge in [-0.2, -0.15) is 0 Å². The number of fused-ring (bicyclic) bond motifs is 1. The zero-order valence-corrected chi connectivity index (χ0v) is 11.7. The minimum atomic E-state index is 0.680. The molecule has 1 aliphatic carbocycles. The first-order chi connectivity index (χ1) is 8.27. The number of hydrogen-bond donors (Lipinski definition) is 1. The minimum absolute atomic E-state index is 0.680. The molecule has 1 saturated heterocycles. The Bertz CT molecular complexity index is 253. The maximum atomic E-state index is 5.54. The highest BCUT2D eigenvalue weighted by atomic mass is 32.1. The van der Waals surface area contributed by atoms with Gasteiger partial charge in [0, 0.05) is 6.04 Å². The lowest BCUT2D eigenvalue weighted by molar-refractivity contribution is 0.0598. The predicted molar refractivity (Wildman–Crippen MR) is 77.2 cm³/mol. The van der Waals surface area contributed by atoms with Crippen LogP contribution in [0.25, 0.3) is 0 Å². The van der Waals surface area contributed by atoms with Crippen LogP contribution in [0.1, 0.15) is 57.8 Å². The molecule has 2 fully saturated rings.